The van der Waals surface area contributed by atoms with Gasteiger partial charge in [0, 0.05) is 14.5 Å². The fraction of sp³-hybridized carbons (Fsp3) is 0.600. The van der Waals surface area contributed by atoms with Crippen LogP contribution >= 0.6 is 31.9 Å². The van der Waals surface area contributed by atoms with E-state index in [0.717, 1.165) is 21.3 Å². The summed E-state index contributed by atoms with van der Waals surface area (Å²) in [4.78, 5) is 0. The average molecular weight is 375 g/mol. The molecule has 0 aromatic heterocycles. The van der Waals surface area contributed by atoms with E-state index in [9.17, 15) is 0 Å². The second kappa shape index (κ2) is 6.06. The number of hydrogen-bond acceptors (Lipinski definition) is 1. The molecule has 0 amide bonds. The van der Waals surface area contributed by atoms with Crippen molar-refractivity contribution in [2.45, 2.75) is 45.1 Å². The third-order valence-electron chi connectivity index (χ3n) is 3.66. The topological polar surface area (TPSA) is 12.0 Å². The third kappa shape index (κ3) is 3.58. The summed E-state index contributed by atoms with van der Waals surface area (Å²) in [5.41, 5.74) is 1.74. The maximum absolute atomic E-state index is 3.76. The summed E-state index contributed by atoms with van der Waals surface area (Å²) in [5.74, 6) is 0.745. The van der Waals surface area contributed by atoms with Gasteiger partial charge < -0.3 is 5.32 Å². The van der Waals surface area contributed by atoms with E-state index in [1.807, 2.05) is 0 Å². The molecule has 0 bridgehead atoms. The Labute approximate surface area is 127 Å². The molecule has 0 radical (unpaired) electrons. The van der Waals surface area contributed by atoms with Crippen LogP contribution in [0.3, 0.4) is 0 Å². The fourth-order valence-electron chi connectivity index (χ4n) is 3.09. The molecule has 1 heterocycles. The van der Waals surface area contributed by atoms with Gasteiger partial charge in [-0.25, -0.2) is 0 Å². The van der Waals surface area contributed by atoms with Gasteiger partial charge in [0.15, 0.2) is 0 Å². The molecule has 1 saturated heterocycles. The lowest BCUT2D eigenvalue weighted by atomic mass is 9.82. The monoisotopic (exact) mass is 373 g/mol. The van der Waals surface area contributed by atoms with Crippen LogP contribution in [-0.4, -0.2) is 12.1 Å². The van der Waals surface area contributed by atoms with Gasteiger partial charge in [-0.2, -0.15) is 0 Å². The highest BCUT2D eigenvalue weighted by Crippen LogP contribution is 2.32. The molecule has 1 unspecified atom stereocenters. The van der Waals surface area contributed by atoms with Crippen molar-refractivity contribution >= 4 is 31.9 Å². The normalized spacial score (nSPS) is 23.8. The Bertz CT molecular complexity index is 409. The quantitative estimate of drug-likeness (QED) is 0.788. The lowest BCUT2D eigenvalue weighted by molar-refractivity contribution is 0.301. The molecule has 1 atom stereocenters. The number of halogens is 2. The second-order valence-electron chi connectivity index (χ2n) is 5.83. The summed E-state index contributed by atoms with van der Waals surface area (Å²) in [5, 5.41) is 3.76. The molecule has 0 spiro atoms. The minimum absolute atomic E-state index is 0.321. The first-order valence-electron chi connectivity index (χ1n) is 6.70. The Morgan fingerprint density at radius 2 is 2.06 bits per heavy atom. The highest BCUT2D eigenvalue weighted by atomic mass is 79.9. The van der Waals surface area contributed by atoms with Crippen LogP contribution in [0.1, 0.15) is 38.7 Å². The molecule has 2 rings (SSSR count). The van der Waals surface area contributed by atoms with Crippen LogP contribution in [0.15, 0.2) is 27.1 Å². The van der Waals surface area contributed by atoms with Crippen LogP contribution in [0.4, 0.5) is 0 Å². The van der Waals surface area contributed by atoms with Crippen LogP contribution in [0.2, 0.25) is 0 Å². The van der Waals surface area contributed by atoms with Crippen LogP contribution in [0, 0.1) is 5.92 Å². The minimum atomic E-state index is 0.321. The molecule has 0 saturated carbocycles. The predicted octanol–water partition coefficient (Wildman–Crippen LogP) is 4.92. The highest BCUT2D eigenvalue weighted by Gasteiger charge is 2.33. The molecule has 100 valence electrons. The second-order valence-corrected chi connectivity index (χ2v) is 7.54. The van der Waals surface area contributed by atoms with E-state index >= 15 is 0 Å². The standard InChI is InChI=1S/C15H21Br2N/c1-11(2)9-15(6-3-7-18-15)10-12-4-5-13(16)14(17)8-12/h4-5,8,11,18H,3,6-7,9-10H2,1-2H3. The van der Waals surface area contributed by atoms with Crippen molar-refractivity contribution in [3.8, 4) is 0 Å². The molecule has 1 N–H and O–H groups in total. The van der Waals surface area contributed by atoms with E-state index in [1.54, 1.807) is 0 Å². The summed E-state index contributed by atoms with van der Waals surface area (Å²) < 4.78 is 2.28. The Morgan fingerprint density at radius 1 is 1.28 bits per heavy atom. The summed E-state index contributed by atoms with van der Waals surface area (Å²) in [7, 11) is 0. The first-order chi connectivity index (χ1) is 8.51. The molecule has 1 aromatic rings. The Hall–Kier alpha value is 0.140. The van der Waals surface area contributed by atoms with Gasteiger partial charge in [0.1, 0.15) is 0 Å². The predicted molar refractivity (Wildman–Crippen MR) is 85.0 cm³/mol. The van der Waals surface area contributed by atoms with Crippen molar-refractivity contribution in [3.63, 3.8) is 0 Å². The van der Waals surface area contributed by atoms with Crippen LogP contribution in [0.5, 0.6) is 0 Å². The number of hydrogen-bond donors (Lipinski definition) is 1. The Morgan fingerprint density at radius 3 is 2.61 bits per heavy atom. The van der Waals surface area contributed by atoms with E-state index in [2.05, 4.69) is 69.2 Å². The van der Waals surface area contributed by atoms with Gasteiger partial charge in [-0.15, -0.1) is 0 Å². The van der Waals surface area contributed by atoms with Crippen molar-refractivity contribution in [2.75, 3.05) is 6.54 Å². The summed E-state index contributed by atoms with van der Waals surface area (Å²) in [6.07, 6.45) is 5.01. The van der Waals surface area contributed by atoms with Gasteiger partial charge in [0.05, 0.1) is 0 Å². The summed E-state index contributed by atoms with van der Waals surface area (Å²) in [6.45, 7) is 5.81. The number of rotatable bonds is 4. The van der Waals surface area contributed by atoms with E-state index < -0.39 is 0 Å². The molecule has 3 heteroatoms. The lowest BCUT2D eigenvalue weighted by Gasteiger charge is -2.32. The fourth-order valence-corrected chi connectivity index (χ4v) is 3.76. The van der Waals surface area contributed by atoms with Crippen molar-refractivity contribution < 1.29 is 0 Å². The maximum Gasteiger partial charge on any atom is 0.0320 e. The van der Waals surface area contributed by atoms with Gasteiger partial charge >= 0.3 is 0 Å². The van der Waals surface area contributed by atoms with Crippen molar-refractivity contribution in [3.05, 3.63) is 32.7 Å². The van der Waals surface area contributed by atoms with E-state index in [-0.39, 0.29) is 0 Å². The van der Waals surface area contributed by atoms with Crippen molar-refractivity contribution in [1.82, 2.24) is 5.32 Å². The Kier molecular flexibility index (Phi) is 4.90. The third-order valence-corrected chi connectivity index (χ3v) is 5.54. The highest BCUT2D eigenvalue weighted by molar-refractivity contribution is 9.13. The van der Waals surface area contributed by atoms with E-state index in [1.165, 1.54) is 31.4 Å². The SMILES string of the molecule is CC(C)CC1(Cc2ccc(Br)c(Br)c2)CCCN1. The zero-order valence-electron chi connectivity index (χ0n) is 11.1. The maximum atomic E-state index is 3.76. The first-order valence-corrected chi connectivity index (χ1v) is 8.28. The molecular formula is C15H21Br2N. The molecule has 0 aliphatic carbocycles. The number of benzene rings is 1. The van der Waals surface area contributed by atoms with Crippen LogP contribution < -0.4 is 5.32 Å². The molecule has 1 aromatic carbocycles. The zero-order valence-corrected chi connectivity index (χ0v) is 14.3. The van der Waals surface area contributed by atoms with Crippen molar-refractivity contribution in [1.29, 1.82) is 0 Å². The smallest absolute Gasteiger partial charge is 0.0320 e. The largest absolute Gasteiger partial charge is 0.311 e. The van der Waals surface area contributed by atoms with E-state index in [0.29, 0.717) is 5.54 Å². The van der Waals surface area contributed by atoms with Crippen LogP contribution in [0.25, 0.3) is 0 Å². The average Bonchev–Trinajstić information content (AvgIpc) is 2.71. The minimum Gasteiger partial charge on any atom is -0.311 e. The molecule has 1 aliphatic rings. The molecule has 18 heavy (non-hydrogen) atoms. The van der Waals surface area contributed by atoms with Gasteiger partial charge in [-0.05, 0) is 87.7 Å². The lowest BCUT2D eigenvalue weighted by Crippen LogP contribution is -2.43. The van der Waals surface area contributed by atoms with Gasteiger partial charge in [-0.3, -0.25) is 0 Å². The molecular weight excluding hydrogens is 354 g/mol. The summed E-state index contributed by atoms with van der Waals surface area (Å²) >= 11 is 7.13. The van der Waals surface area contributed by atoms with E-state index in [4.69, 9.17) is 0 Å². The Balaban J connectivity index is 2.15. The summed E-state index contributed by atoms with van der Waals surface area (Å²) in [6, 6.07) is 6.61. The van der Waals surface area contributed by atoms with Crippen LogP contribution in [-0.2, 0) is 6.42 Å². The molecule has 1 nitrogen and oxygen atoms in total. The van der Waals surface area contributed by atoms with Gasteiger partial charge in [0.2, 0.25) is 0 Å². The number of nitrogens with one attached hydrogen (secondary N) is 1. The molecule has 1 aliphatic heterocycles. The molecule has 1 fully saturated rings. The van der Waals surface area contributed by atoms with Gasteiger partial charge in [-0.1, -0.05) is 19.9 Å². The van der Waals surface area contributed by atoms with Crippen molar-refractivity contribution in [2.24, 2.45) is 5.92 Å². The first kappa shape index (κ1) is 14.5. The van der Waals surface area contributed by atoms with Gasteiger partial charge in [0.25, 0.3) is 0 Å². The zero-order chi connectivity index (χ0) is 13.2.